The number of hydrogen-bond acceptors (Lipinski definition) is 3. The lowest BCUT2D eigenvalue weighted by Crippen LogP contribution is -2.34. The Kier molecular flexibility index (Phi) is 4.70. The van der Waals surface area contributed by atoms with Gasteiger partial charge in [0.1, 0.15) is 5.82 Å². The van der Waals surface area contributed by atoms with E-state index in [-0.39, 0.29) is 5.91 Å². The van der Waals surface area contributed by atoms with Gasteiger partial charge in [-0.3, -0.25) is 4.79 Å². The van der Waals surface area contributed by atoms with Gasteiger partial charge in [0.05, 0.1) is 0 Å². The molecular weight excluding hydrogens is 226 g/mol. The Morgan fingerprint density at radius 3 is 3.06 bits per heavy atom. The fraction of sp³-hybridized carbons (Fsp3) is 0.571. The van der Waals surface area contributed by atoms with Crippen LogP contribution in [0.2, 0.25) is 0 Å². The number of anilines is 1. The summed E-state index contributed by atoms with van der Waals surface area (Å²) in [7, 11) is 0. The lowest BCUT2D eigenvalue weighted by molar-refractivity contribution is -0.116. The second-order valence-electron chi connectivity index (χ2n) is 4.95. The van der Waals surface area contributed by atoms with Crippen molar-refractivity contribution in [2.24, 2.45) is 0 Å². The number of pyridine rings is 1. The quantitative estimate of drug-likeness (QED) is 0.858. The summed E-state index contributed by atoms with van der Waals surface area (Å²) >= 11 is 0. The highest BCUT2D eigenvalue weighted by Crippen LogP contribution is 2.12. The monoisotopic (exact) mass is 247 g/mol. The molecule has 98 valence electrons. The van der Waals surface area contributed by atoms with Crippen LogP contribution in [-0.2, 0) is 4.79 Å². The Bertz CT molecular complexity index is 383. The van der Waals surface area contributed by atoms with Gasteiger partial charge in [0, 0.05) is 18.7 Å². The van der Waals surface area contributed by atoms with Crippen molar-refractivity contribution in [3.05, 3.63) is 23.9 Å². The molecule has 18 heavy (non-hydrogen) atoms. The van der Waals surface area contributed by atoms with Gasteiger partial charge >= 0.3 is 0 Å². The number of rotatable bonds is 4. The third kappa shape index (κ3) is 4.11. The van der Waals surface area contributed by atoms with Crippen LogP contribution >= 0.6 is 0 Å². The Morgan fingerprint density at radius 1 is 1.50 bits per heavy atom. The van der Waals surface area contributed by atoms with E-state index in [0.29, 0.717) is 18.3 Å². The zero-order valence-electron chi connectivity index (χ0n) is 10.9. The molecule has 4 heteroatoms. The Hall–Kier alpha value is -1.42. The van der Waals surface area contributed by atoms with Gasteiger partial charge in [0.2, 0.25) is 5.91 Å². The van der Waals surface area contributed by atoms with Crippen molar-refractivity contribution in [2.75, 3.05) is 11.9 Å². The molecule has 1 unspecified atom stereocenters. The zero-order chi connectivity index (χ0) is 12.8. The van der Waals surface area contributed by atoms with Crippen LogP contribution in [0.4, 0.5) is 5.82 Å². The lowest BCUT2D eigenvalue weighted by Gasteiger charge is -2.22. The van der Waals surface area contributed by atoms with Crippen LogP contribution in [-0.4, -0.2) is 23.5 Å². The summed E-state index contributed by atoms with van der Waals surface area (Å²) in [5, 5.41) is 6.28. The third-order valence-electron chi connectivity index (χ3n) is 3.31. The van der Waals surface area contributed by atoms with E-state index in [1.54, 1.807) is 6.20 Å². The fourth-order valence-corrected chi connectivity index (χ4v) is 2.22. The predicted octanol–water partition coefficient (Wildman–Crippen LogP) is 2.25. The number of carbonyl (C=O) groups excluding carboxylic acids is 1. The van der Waals surface area contributed by atoms with Gasteiger partial charge in [-0.1, -0.05) is 12.5 Å². The van der Waals surface area contributed by atoms with E-state index in [1.165, 1.54) is 19.3 Å². The largest absolute Gasteiger partial charge is 0.314 e. The van der Waals surface area contributed by atoms with E-state index in [0.717, 1.165) is 18.5 Å². The summed E-state index contributed by atoms with van der Waals surface area (Å²) in [6.07, 6.45) is 6.97. The molecule has 0 saturated carbocycles. The molecule has 0 aliphatic carbocycles. The molecule has 1 fully saturated rings. The van der Waals surface area contributed by atoms with Gasteiger partial charge in [-0.15, -0.1) is 0 Å². The standard InChI is InChI=1S/C14H21N3O/c1-11-5-7-13(16-10-11)17-14(18)8-6-12-4-2-3-9-15-12/h5,7,10,12,15H,2-4,6,8-9H2,1H3,(H,16,17,18). The Labute approximate surface area is 108 Å². The average molecular weight is 247 g/mol. The Morgan fingerprint density at radius 2 is 2.39 bits per heavy atom. The smallest absolute Gasteiger partial charge is 0.225 e. The molecule has 0 bridgehead atoms. The van der Waals surface area contributed by atoms with Gasteiger partial charge < -0.3 is 10.6 Å². The summed E-state index contributed by atoms with van der Waals surface area (Å²) in [5.74, 6) is 0.695. The molecule has 0 aromatic carbocycles. The Balaban J connectivity index is 1.73. The first kappa shape index (κ1) is 13.0. The number of hydrogen-bond donors (Lipinski definition) is 2. The summed E-state index contributed by atoms with van der Waals surface area (Å²) in [4.78, 5) is 15.9. The van der Waals surface area contributed by atoms with Crippen molar-refractivity contribution < 1.29 is 4.79 Å². The summed E-state index contributed by atoms with van der Waals surface area (Å²) < 4.78 is 0. The van der Waals surface area contributed by atoms with Crippen molar-refractivity contribution in [3.8, 4) is 0 Å². The molecule has 1 aliphatic rings. The molecular formula is C14H21N3O. The fourth-order valence-electron chi connectivity index (χ4n) is 2.22. The number of carbonyl (C=O) groups is 1. The van der Waals surface area contributed by atoms with Crippen LogP contribution in [0.1, 0.15) is 37.7 Å². The van der Waals surface area contributed by atoms with Gasteiger partial charge in [-0.25, -0.2) is 4.98 Å². The maximum absolute atomic E-state index is 11.8. The first-order chi connectivity index (χ1) is 8.74. The molecule has 1 atom stereocenters. The van der Waals surface area contributed by atoms with Gasteiger partial charge in [0.25, 0.3) is 0 Å². The topological polar surface area (TPSA) is 54.0 Å². The summed E-state index contributed by atoms with van der Waals surface area (Å²) in [6, 6.07) is 4.30. The van der Waals surface area contributed by atoms with Gasteiger partial charge in [0.15, 0.2) is 0 Å². The van der Waals surface area contributed by atoms with E-state index in [1.807, 2.05) is 19.1 Å². The molecule has 2 heterocycles. The highest BCUT2D eigenvalue weighted by molar-refractivity contribution is 5.89. The number of aryl methyl sites for hydroxylation is 1. The van der Waals surface area contributed by atoms with Crippen LogP contribution in [0.15, 0.2) is 18.3 Å². The number of piperidine rings is 1. The maximum Gasteiger partial charge on any atom is 0.225 e. The first-order valence-corrected chi connectivity index (χ1v) is 6.70. The first-order valence-electron chi connectivity index (χ1n) is 6.70. The van der Waals surface area contributed by atoms with Crippen molar-refractivity contribution in [3.63, 3.8) is 0 Å². The van der Waals surface area contributed by atoms with Gasteiger partial charge in [-0.05, 0) is 44.4 Å². The lowest BCUT2D eigenvalue weighted by atomic mass is 10.0. The molecule has 1 aromatic rings. The second kappa shape index (κ2) is 6.50. The molecule has 1 amide bonds. The number of amides is 1. The highest BCUT2D eigenvalue weighted by Gasteiger charge is 2.14. The minimum atomic E-state index is 0.0544. The molecule has 0 spiro atoms. The van der Waals surface area contributed by atoms with E-state index in [9.17, 15) is 4.79 Å². The maximum atomic E-state index is 11.8. The van der Waals surface area contributed by atoms with Gasteiger partial charge in [-0.2, -0.15) is 0 Å². The summed E-state index contributed by atoms with van der Waals surface area (Å²) in [5.41, 5.74) is 1.10. The van der Waals surface area contributed by atoms with Crippen molar-refractivity contribution >= 4 is 11.7 Å². The minimum absolute atomic E-state index is 0.0544. The van der Waals surface area contributed by atoms with E-state index >= 15 is 0 Å². The van der Waals surface area contributed by atoms with E-state index < -0.39 is 0 Å². The van der Waals surface area contributed by atoms with E-state index in [4.69, 9.17) is 0 Å². The average Bonchev–Trinajstić information content (AvgIpc) is 2.40. The molecule has 0 radical (unpaired) electrons. The minimum Gasteiger partial charge on any atom is -0.314 e. The van der Waals surface area contributed by atoms with Crippen molar-refractivity contribution in [2.45, 2.75) is 45.1 Å². The molecule has 1 saturated heterocycles. The normalized spacial score (nSPS) is 19.5. The van der Waals surface area contributed by atoms with Crippen molar-refractivity contribution in [1.82, 2.24) is 10.3 Å². The number of nitrogens with zero attached hydrogens (tertiary/aromatic N) is 1. The van der Waals surface area contributed by atoms with Crippen LogP contribution in [0, 0.1) is 6.92 Å². The SMILES string of the molecule is Cc1ccc(NC(=O)CCC2CCCCN2)nc1. The number of nitrogens with one attached hydrogen (secondary N) is 2. The third-order valence-corrected chi connectivity index (χ3v) is 3.31. The molecule has 1 aliphatic heterocycles. The van der Waals surface area contributed by atoms with E-state index in [2.05, 4.69) is 15.6 Å². The van der Waals surface area contributed by atoms with Crippen LogP contribution < -0.4 is 10.6 Å². The zero-order valence-corrected chi connectivity index (χ0v) is 10.9. The molecule has 2 N–H and O–H groups in total. The second-order valence-corrected chi connectivity index (χ2v) is 4.95. The van der Waals surface area contributed by atoms with Crippen LogP contribution in [0.25, 0.3) is 0 Å². The van der Waals surface area contributed by atoms with Crippen LogP contribution in [0.3, 0.4) is 0 Å². The highest BCUT2D eigenvalue weighted by atomic mass is 16.1. The van der Waals surface area contributed by atoms with Crippen LogP contribution in [0.5, 0.6) is 0 Å². The van der Waals surface area contributed by atoms with Crippen molar-refractivity contribution in [1.29, 1.82) is 0 Å². The summed E-state index contributed by atoms with van der Waals surface area (Å²) in [6.45, 7) is 3.07. The predicted molar refractivity (Wildman–Crippen MR) is 72.5 cm³/mol. The number of aromatic nitrogens is 1. The molecule has 2 rings (SSSR count). The molecule has 4 nitrogen and oxygen atoms in total. The molecule has 1 aromatic heterocycles.